The molecule has 0 atom stereocenters. The molecule has 0 saturated heterocycles. The molecule has 0 aliphatic heterocycles. The minimum absolute atomic E-state index is 0.611. The average Bonchev–Trinajstić information content (AvgIpc) is 2.10. The van der Waals surface area contributed by atoms with Gasteiger partial charge in [-0.2, -0.15) is 5.10 Å². The van der Waals surface area contributed by atoms with Crippen LogP contribution in [0, 0.1) is 3.70 Å². The van der Waals surface area contributed by atoms with Crippen molar-refractivity contribution in [2.45, 2.75) is 0 Å². The number of hydrogen-bond acceptors (Lipinski definition) is 2. The second-order valence-electron chi connectivity index (χ2n) is 1.63. The van der Waals surface area contributed by atoms with E-state index in [9.17, 15) is 4.79 Å². The number of carbonyl (C=O) groups excluding carboxylic acids is 1. The summed E-state index contributed by atoms with van der Waals surface area (Å²) in [5.41, 5.74) is 0.611. The number of carbonyl (C=O) groups is 1. The van der Waals surface area contributed by atoms with E-state index < -0.39 is 0 Å². The van der Waals surface area contributed by atoms with E-state index in [0.29, 0.717) is 5.69 Å². The summed E-state index contributed by atoms with van der Waals surface area (Å²) in [7, 11) is 1.74. The summed E-state index contributed by atoms with van der Waals surface area (Å²) in [6.07, 6.45) is 0.787. The lowest BCUT2D eigenvalue weighted by Gasteiger charge is -1.86. The molecule has 0 fully saturated rings. The molecule has 0 aliphatic carbocycles. The fourth-order valence-electron chi connectivity index (χ4n) is 0.556. The van der Waals surface area contributed by atoms with E-state index in [0.717, 1.165) is 9.99 Å². The lowest BCUT2D eigenvalue weighted by molar-refractivity contribution is 0.111. The minimum Gasteiger partial charge on any atom is -0.296 e. The topological polar surface area (TPSA) is 34.9 Å². The van der Waals surface area contributed by atoms with Gasteiger partial charge in [-0.3, -0.25) is 9.48 Å². The van der Waals surface area contributed by atoms with Crippen molar-refractivity contribution in [3.63, 3.8) is 0 Å². The van der Waals surface area contributed by atoms with Gasteiger partial charge in [-0.15, -0.1) is 0 Å². The van der Waals surface area contributed by atoms with Crippen LogP contribution in [-0.4, -0.2) is 16.1 Å². The second-order valence-corrected chi connectivity index (χ2v) is 2.74. The molecule has 0 bridgehead atoms. The van der Waals surface area contributed by atoms with Crippen LogP contribution in [0.15, 0.2) is 6.07 Å². The minimum atomic E-state index is 0.611. The lowest BCUT2D eigenvalue weighted by atomic mass is 10.5. The monoisotopic (exact) mass is 236 g/mol. The Hall–Kier alpha value is -0.390. The van der Waals surface area contributed by atoms with Gasteiger partial charge in [0.15, 0.2) is 6.29 Å². The third-order valence-electron chi connectivity index (χ3n) is 1.01. The summed E-state index contributed by atoms with van der Waals surface area (Å²) in [5.74, 6) is 0. The van der Waals surface area contributed by atoms with Gasteiger partial charge in [0, 0.05) is 13.1 Å². The zero-order valence-electron chi connectivity index (χ0n) is 4.84. The van der Waals surface area contributed by atoms with Gasteiger partial charge in [0.25, 0.3) is 0 Å². The highest BCUT2D eigenvalue weighted by atomic mass is 127. The molecule has 0 N–H and O–H groups in total. The molecule has 1 rings (SSSR count). The fraction of sp³-hybridized carbons (Fsp3) is 0.200. The smallest absolute Gasteiger partial charge is 0.168 e. The molecule has 0 aromatic carbocycles. The van der Waals surface area contributed by atoms with Crippen LogP contribution >= 0.6 is 22.6 Å². The molecule has 4 heteroatoms. The number of aromatic nitrogens is 2. The molecule has 3 nitrogen and oxygen atoms in total. The Morgan fingerprint density at radius 1 is 1.89 bits per heavy atom. The normalized spacial score (nSPS) is 9.56. The number of hydrogen-bond donors (Lipinski definition) is 0. The molecule has 1 aromatic rings. The number of halogens is 1. The van der Waals surface area contributed by atoms with E-state index in [1.54, 1.807) is 17.8 Å². The van der Waals surface area contributed by atoms with Gasteiger partial charge < -0.3 is 0 Å². The van der Waals surface area contributed by atoms with Crippen molar-refractivity contribution in [3.05, 3.63) is 15.5 Å². The van der Waals surface area contributed by atoms with Crippen molar-refractivity contribution >= 4 is 28.9 Å². The van der Waals surface area contributed by atoms with Gasteiger partial charge >= 0.3 is 0 Å². The third-order valence-corrected chi connectivity index (χ3v) is 1.53. The molecule has 9 heavy (non-hydrogen) atoms. The molecule has 1 heterocycles. The van der Waals surface area contributed by atoms with E-state index in [1.807, 2.05) is 0 Å². The summed E-state index contributed by atoms with van der Waals surface area (Å²) in [5, 5.41) is 3.95. The Labute approximate surface area is 66.2 Å². The van der Waals surface area contributed by atoms with Crippen molar-refractivity contribution in [2.24, 2.45) is 7.05 Å². The SMILES string of the molecule is Cn1nc(I)cc1C=O. The molecule has 1 aromatic heterocycles. The lowest BCUT2D eigenvalue weighted by Crippen LogP contribution is -1.95. The summed E-state index contributed by atoms with van der Waals surface area (Å²) in [6, 6.07) is 1.73. The Morgan fingerprint density at radius 2 is 2.56 bits per heavy atom. The van der Waals surface area contributed by atoms with Crippen molar-refractivity contribution in [1.29, 1.82) is 0 Å². The number of nitrogens with zero attached hydrogens (tertiary/aromatic N) is 2. The van der Waals surface area contributed by atoms with Crippen LogP contribution in [0.1, 0.15) is 10.5 Å². The molecule has 0 unspecified atom stereocenters. The van der Waals surface area contributed by atoms with E-state index in [2.05, 4.69) is 27.7 Å². The van der Waals surface area contributed by atoms with Crippen molar-refractivity contribution in [3.8, 4) is 0 Å². The maximum Gasteiger partial charge on any atom is 0.168 e. The first-order valence-electron chi connectivity index (χ1n) is 2.39. The predicted octanol–water partition coefficient (Wildman–Crippen LogP) is 0.837. The Balaban J connectivity index is 3.15. The van der Waals surface area contributed by atoms with Gasteiger partial charge in [-0.25, -0.2) is 0 Å². The Morgan fingerprint density at radius 3 is 2.78 bits per heavy atom. The highest BCUT2D eigenvalue weighted by Crippen LogP contribution is 2.02. The first-order chi connectivity index (χ1) is 4.24. The van der Waals surface area contributed by atoms with Gasteiger partial charge in [0.05, 0.1) is 0 Å². The highest BCUT2D eigenvalue weighted by molar-refractivity contribution is 14.1. The van der Waals surface area contributed by atoms with Gasteiger partial charge in [0.1, 0.15) is 9.39 Å². The van der Waals surface area contributed by atoms with E-state index in [-0.39, 0.29) is 0 Å². The van der Waals surface area contributed by atoms with Crippen LogP contribution in [0.3, 0.4) is 0 Å². The van der Waals surface area contributed by atoms with Crippen molar-refractivity contribution in [2.75, 3.05) is 0 Å². The highest BCUT2D eigenvalue weighted by Gasteiger charge is 1.98. The van der Waals surface area contributed by atoms with E-state index in [4.69, 9.17) is 0 Å². The fourth-order valence-corrected chi connectivity index (χ4v) is 1.20. The zero-order chi connectivity index (χ0) is 6.85. The molecular weight excluding hydrogens is 231 g/mol. The van der Waals surface area contributed by atoms with Crippen molar-refractivity contribution < 1.29 is 4.79 Å². The molecule has 0 spiro atoms. The molecule has 0 amide bonds. The molecule has 0 saturated carbocycles. The molecular formula is C5H5IN2O. The van der Waals surface area contributed by atoms with Crippen LogP contribution in [-0.2, 0) is 7.05 Å². The first-order valence-corrected chi connectivity index (χ1v) is 3.46. The summed E-state index contributed by atoms with van der Waals surface area (Å²) >= 11 is 2.06. The van der Waals surface area contributed by atoms with Gasteiger partial charge in [-0.05, 0) is 22.6 Å². The molecule has 0 radical (unpaired) electrons. The maximum absolute atomic E-state index is 10.2. The molecule has 48 valence electrons. The van der Waals surface area contributed by atoms with E-state index >= 15 is 0 Å². The largest absolute Gasteiger partial charge is 0.296 e. The van der Waals surface area contributed by atoms with Crippen LogP contribution in [0.2, 0.25) is 0 Å². The summed E-state index contributed by atoms with van der Waals surface area (Å²) in [4.78, 5) is 10.2. The molecule has 0 aliphatic rings. The number of rotatable bonds is 1. The first kappa shape index (κ1) is 6.73. The van der Waals surface area contributed by atoms with Gasteiger partial charge in [0.2, 0.25) is 0 Å². The standard InChI is InChI=1S/C5H5IN2O/c1-8-4(3-9)2-5(6)7-8/h2-3H,1H3. The van der Waals surface area contributed by atoms with Crippen LogP contribution in [0.4, 0.5) is 0 Å². The maximum atomic E-state index is 10.2. The van der Waals surface area contributed by atoms with Gasteiger partial charge in [-0.1, -0.05) is 0 Å². The quantitative estimate of drug-likeness (QED) is 0.534. The van der Waals surface area contributed by atoms with Crippen LogP contribution in [0.25, 0.3) is 0 Å². The van der Waals surface area contributed by atoms with Crippen molar-refractivity contribution in [1.82, 2.24) is 9.78 Å². The summed E-state index contributed by atoms with van der Waals surface area (Å²) < 4.78 is 2.40. The average molecular weight is 236 g/mol. The summed E-state index contributed by atoms with van der Waals surface area (Å²) in [6.45, 7) is 0. The van der Waals surface area contributed by atoms with E-state index in [1.165, 1.54) is 0 Å². The number of aldehydes is 1. The van der Waals surface area contributed by atoms with Crippen LogP contribution < -0.4 is 0 Å². The van der Waals surface area contributed by atoms with Crippen LogP contribution in [0.5, 0.6) is 0 Å². The Kier molecular flexibility index (Phi) is 1.84. The predicted molar refractivity (Wildman–Crippen MR) is 41.3 cm³/mol. The zero-order valence-corrected chi connectivity index (χ0v) is 6.99. The second kappa shape index (κ2) is 2.47. The Bertz CT molecular complexity index is 231. The number of aryl methyl sites for hydroxylation is 1. The third kappa shape index (κ3) is 1.29.